The molecule has 2 aromatic carbocycles. The number of benzene rings is 2. The first-order valence-electron chi connectivity index (χ1n) is 15.0. The highest BCUT2D eigenvalue weighted by atomic mass is 35.5. The van der Waals surface area contributed by atoms with Crippen LogP contribution in [0.1, 0.15) is 59.3 Å². The number of hydrogen-bond donors (Lipinski definition) is 2. The summed E-state index contributed by atoms with van der Waals surface area (Å²) in [6.07, 6.45) is 6.06. The molecule has 1 saturated carbocycles. The highest BCUT2D eigenvalue weighted by Crippen LogP contribution is 2.31. The van der Waals surface area contributed by atoms with Gasteiger partial charge in [-0.15, -0.1) is 0 Å². The summed E-state index contributed by atoms with van der Waals surface area (Å²) in [5.74, 6) is 0.227. The first-order valence-corrected chi connectivity index (χ1v) is 15.4. The molecular weight excluding hydrogens is 569 g/mol. The standard InChI is InChI=1S/C33H39ClFN5O3/c1-33(2,3)43-32(42)40-17-15-22(16-18-40)30(41)37-26-11-13-27(14-12-26)38-31-36-20-28(34)29(39-31)24-6-4-5-23(19-24)21-7-9-25(35)10-8-21/h4-10,19-20,22,26-27H,11-18H2,1-3H3,(H,37,41)(H,36,38,39). The number of ether oxygens (including phenoxy) is 1. The number of piperidine rings is 1. The van der Waals surface area contributed by atoms with Crippen LogP contribution in [-0.4, -0.2) is 57.6 Å². The zero-order chi connectivity index (χ0) is 30.6. The number of nitrogens with zero attached hydrogens (tertiary/aromatic N) is 3. The molecule has 43 heavy (non-hydrogen) atoms. The first kappa shape index (κ1) is 30.7. The molecule has 2 N–H and O–H groups in total. The molecule has 5 rings (SSSR count). The number of halogens is 2. The van der Waals surface area contributed by atoms with E-state index in [4.69, 9.17) is 21.3 Å². The molecule has 0 spiro atoms. The van der Waals surface area contributed by atoms with Crippen LogP contribution in [0.3, 0.4) is 0 Å². The van der Waals surface area contributed by atoms with Gasteiger partial charge in [-0.3, -0.25) is 4.79 Å². The summed E-state index contributed by atoms with van der Waals surface area (Å²) in [7, 11) is 0. The van der Waals surface area contributed by atoms with Crippen LogP contribution >= 0.6 is 11.6 Å². The summed E-state index contributed by atoms with van der Waals surface area (Å²) in [6, 6.07) is 14.5. The number of amides is 2. The molecule has 228 valence electrons. The molecule has 1 aromatic heterocycles. The Hall–Kier alpha value is -3.72. The van der Waals surface area contributed by atoms with Gasteiger partial charge >= 0.3 is 6.09 Å². The molecule has 2 heterocycles. The van der Waals surface area contributed by atoms with Gasteiger partial charge in [0.05, 0.1) is 16.9 Å². The second kappa shape index (κ2) is 13.3. The van der Waals surface area contributed by atoms with Gasteiger partial charge in [0, 0.05) is 36.7 Å². The van der Waals surface area contributed by atoms with Crippen molar-refractivity contribution in [2.75, 3.05) is 18.4 Å². The van der Waals surface area contributed by atoms with E-state index in [0.717, 1.165) is 42.4 Å². The SMILES string of the molecule is CC(C)(C)OC(=O)N1CCC(C(=O)NC2CCC(Nc3ncc(Cl)c(-c4cccc(-c5ccc(F)cc5)c4)n3)CC2)CC1. The number of hydrogen-bond acceptors (Lipinski definition) is 6. The number of likely N-dealkylation sites (tertiary alicyclic amines) is 1. The van der Waals surface area contributed by atoms with Crippen molar-refractivity contribution in [2.24, 2.45) is 5.92 Å². The third-order valence-corrected chi connectivity index (χ3v) is 8.26. The van der Waals surface area contributed by atoms with E-state index in [0.29, 0.717) is 42.6 Å². The highest BCUT2D eigenvalue weighted by molar-refractivity contribution is 6.32. The molecule has 1 saturated heterocycles. The fourth-order valence-corrected chi connectivity index (χ4v) is 5.86. The maximum Gasteiger partial charge on any atom is 0.410 e. The Kier molecular flexibility index (Phi) is 9.49. The lowest BCUT2D eigenvalue weighted by atomic mass is 9.90. The molecule has 0 radical (unpaired) electrons. The maximum absolute atomic E-state index is 13.4. The molecule has 1 aliphatic heterocycles. The molecule has 2 amide bonds. The largest absolute Gasteiger partial charge is 0.444 e. The predicted octanol–water partition coefficient (Wildman–Crippen LogP) is 7.09. The lowest BCUT2D eigenvalue weighted by molar-refractivity contribution is -0.127. The van der Waals surface area contributed by atoms with E-state index in [1.807, 2.05) is 45.0 Å². The average molecular weight is 608 g/mol. The van der Waals surface area contributed by atoms with Crippen LogP contribution in [0.4, 0.5) is 15.1 Å². The normalized spacial score (nSPS) is 19.5. The van der Waals surface area contributed by atoms with Gasteiger partial charge < -0.3 is 20.3 Å². The van der Waals surface area contributed by atoms with Gasteiger partial charge in [-0.1, -0.05) is 41.9 Å². The van der Waals surface area contributed by atoms with Crippen molar-refractivity contribution in [3.8, 4) is 22.4 Å². The Morgan fingerprint density at radius 2 is 1.58 bits per heavy atom. The van der Waals surface area contributed by atoms with E-state index < -0.39 is 5.60 Å². The van der Waals surface area contributed by atoms with Gasteiger partial charge in [0.1, 0.15) is 11.4 Å². The number of carbonyl (C=O) groups is 2. The molecular formula is C33H39ClFN5O3. The van der Waals surface area contributed by atoms with Gasteiger partial charge in [-0.25, -0.2) is 19.2 Å². The molecule has 2 aliphatic rings. The van der Waals surface area contributed by atoms with Gasteiger partial charge in [0.2, 0.25) is 11.9 Å². The fourth-order valence-electron chi connectivity index (χ4n) is 5.66. The van der Waals surface area contributed by atoms with Crippen molar-refractivity contribution in [2.45, 2.75) is 77.0 Å². The first-order chi connectivity index (χ1) is 20.5. The van der Waals surface area contributed by atoms with Crippen molar-refractivity contribution in [1.82, 2.24) is 20.2 Å². The second-order valence-electron chi connectivity index (χ2n) is 12.4. The van der Waals surface area contributed by atoms with Crippen molar-refractivity contribution in [3.63, 3.8) is 0 Å². The second-order valence-corrected chi connectivity index (χ2v) is 12.8. The Balaban J connectivity index is 1.12. The van der Waals surface area contributed by atoms with E-state index >= 15 is 0 Å². The highest BCUT2D eigenvalue weighted by Gasteiger charge is 2.31. The lowest BCUT2D eigenvalue weighted by Crippen LogP contribution is -2.47. The number of aromatic nitrogens is 2. The topological polar surface area (TPSA) is 96.5 Å². The smallest absolute Gasteiger partial charge is 0.410 e. The fraction of sp³-hybridized carbons (Fsp3) is 0.455. The van der Waals surface area contributed by atoms with Gasteiger partial charge in [0.25, 0.3) is 0 Å². The van der Waals surface area contributed by atoms with Crippen LogP contribution in [0.5, 0.6) is 0 Å². The minimum atomic E-state index is -0.529. The quantitative estimate of drug-likeness (QED) is 0.311. The van der Waals surface area contributed by atoms with Crippen LogP contribution in [0, 0.1) is 11.7 Å². The minimum absolute atomic E-state index is 0.0776. The summed E-state index contributed by atoms with van der Waals surface area (Å²) in [5.41, 5.74) is 2.79. The van der Waals surface area contributed by atoms with Crippen molar-refractivity contribution < 1.29 is 18.7 Å². The Labute approximate surface area is 257 Å². The van der Waals surface area contributed by atoms with E-state index in [1.54, 1.807) is 23.2 Å². The van der Waals surface area contributed by atoms with Crippen molar-refractivity contribution in [1.29, 1.82) is 0 Å². The van der Waals surface area contributed by atoms with Crippen LogP contribution in [0.2, 0.25) is 5.02 Å². The zero-order valence-electron chi connectivity index (χ0n) is 24.9. The monoisotopic (exact) mass is 607 g/mol. The average Bonchev–Trinajstić information content (AvgIpc) is 2.99. The predicted molar refractivity (Wildman–Crippen MR) is 166 cm³/mol. The number of anilines is 1. The molecule has 0 unspecified atom stereocenters. The maximum atomic E-state index is 13.4. The molecule has 2 fully saturated rings. The van der Waals surface area contributed by atoms with Crippen molar-refractivity contribution in [3.05, 3.63) is 65.6 Å². The van der Waals surface area contributed by atoms with E-state index in [-0.39, 0.29) is 35.8 Å². The number of nitrogens with one attached hydrogen (secondary N) is 2. The Morgan fingerprint density at radius 3 is 2.26 bits per heavy atom. The zero-order valence-corrected chi connectivity index (χ0v) is 25.7. The van der Waals surface area contributed by atoms with Gasteiger partial charge in [-0.2, -0.15) is 0 Å². The minimum Gasteiger partial charge on any atom is -0.444 e. The Morgan fingerprint density at radius 1 is 0.930 bits per heavy atom. The number of carbonyl (C=O) groups excluding carboxylic acids is 2. The number of rotatable bonds is 6. The Bertz CT molecular complexity index is 1430. The molecule has 0 atom stereocenters. The van der Waals surface area contributed by atoms with Gasteiger partial charge in [-0.05, 0) is 88.6 Å². The van der Waals surface area contributed by atoms with E-state index in [2.05, 4.69) is 15.6 Å². The van der Waals surface area contributed by atoms with Crippen LogP contribution in [-0.2, 0) is 9.53 Å². The van der Waals surface area contributed by atoms with Crippen molar-refractivity contribution >= 4 is 29.5 Å². The summed E-state index contributed by atoms with van der Waals surface area (Å²) >= 11 is 6.50. The summed E-state index contributed by atoms with van der Waals surface area (Å²) < 4.78 is 18.8. The molecule has 1 aliphatic carbocycles. The van der Waals surface area contributed by atoms with Gasteiger partial charge in [0.15, 0.2) is 0 Å². The molecule has 0 bridgehead atoms. The summed E-state index contributed by atoms with van der Waals surface area (Å²) in [4.78, 5) is 36.1. The van der Waals surface area contributed by atoms with Crippen LogP contribution in [0.25, 0.3) is 22.4 Å². The third kappa shape index (κ3) is 8.22. The van der Waals surface area contributed by atoms with E-state index in [1.165, 1.54) is 12.1 Å². The van der Waals surface area contributed by atoms with E-state index in [9.17, 15) is 14.0 Å². The molecule has 8 nitrogen and oxygen atoms in total. The molecule has 3 aromatic rings. The molecule has 10 heteroatoms. The summed E-state index contributed by atoms with van der Waals surface area (Å²) in [6.45, 7) is 6.62. The summed E-state index contributed by atoms with van der Waals surface area (Å²) in [5, 5.41) is 7.15. The third-order valence-electron chi connectivity index (χ3n) is 7.98. The van der Waals surface area contributed by atoms with Crippen LogP contribution < -0.4 is 10.6 Å². The lowest BCUT2D eigenvalue weighted by Gasteiger charge is -2.34. The van der Waals surface area contributed by atoms with Crippen LogP contribution in [0.15, 0.2) is 54.7 Å².